The lowest BCUT2D eigenvalue weighted by Gasteiger charge is -2.24. The first kappa shape index (κ1) is 10.1. The number of hydrogen-bond donors (Lipinski definition) is 2. The van der Waals surface area contributed by atoms with Gasteiger partial charge in [0.2, 0.25) is 11.8 Å². The molecule has 6 heteroatoms. The molecule has 2 atom stereocenters. The van der Waals surface area contributed by atoms with Gasteiger partial charge in [-0.25, -0.2) is 0 Å². The third-order valence-corrected chi connectivity index (χ3v) is 2.92. The second-order valence-electron chi connectivity index (χ2n) is 3.83. The predicted molar refractivity (Wildman–Crippen MR) is 48.9 cm³/mol. The number of nitrogens with one attached hydrogen (secondary N) is 1. The van der Waals surface area contributed by atoms with E-state index in [0.717, 1.165) is 4.90 Å². The van der Waals surface area contributed by atoms with Gasteiger partial charge in [-0.1, -0.05) is 0 Å². The van der Waals surface area contributed by atoms with Crippen LogP contribution in [0.5, 0.6) is 0 Å². The lowest BCUT2D eigenvalue weighted by Crippen LogP contribution is -2.46. The maximum absolute atomic E-state index is 11.4. The number of likely N-dealkylation sites (tertiary alicyclic amines) is 1. The monoisotopic (exact) mass is 212 g/mol. The Morgan fingerprint density at radius 3 is 2.40 bits per heavy atom. The first-order chi connectivity index (χ1) is 7.11. The van der Waals surface area contributed by atoms with Crippen LogP contribution in [-0.2, 0) is 14.4 Å². The van der Waals surface area contributed by atoms with E-state index < -0.39 is 17.9 Å². The summed E-state index contributed by atoms with van der Waals surface area (Å²) in [6.07, 6.45) is 0.420. The van der Waals surface area contributed by atoms with Gasteiger partial charge in [-0.3, -0.25) is 19.3 Å². The van der Waals surface area contributed by atoms with Crippen LogP contribution in [0.3, 0.4) is 0 Å². The van der Waals surface area contributed by atoms with E-state index in [0.29, 0.717) is 13.1 Å². The van der Waals surface area contributed by atoms with E-state index in [9.17, 15) is 14.4 Å². The number of carbonyl (C=O) groups excluding carboxylic acids is 2. The first-order valence-electron chi connectivity index (χ1n) is 4.89. The molecule has 2 aliphatic heterocycles. The van der Waals surface area contributed by atoms with Crippen LogP contribution in [0.2, 0.25) is 0 Å². The van der Waals surface area contributed by atoms with E-state index in [1.807, 2.05) is 0 Å². The summed E-state index contributed by atoms with van der Waals surface area (Å²) in [6.45, 7) is 0.700. The summed E-state index contributed by atoms with van der Waals surface area (Å²) < 4.78 is 0. The molecule has 2 heterocycles. The molecular formula is C9H12N2O4. The summed E-state index contributed by atoms with van der Waals surface area (Å²) in [7, 11) is 0. The largest absolute Gasteiger partial charge is 0.481 e. The number of carbonyl (C=O) groups is 3. The molecule has 0 saturated carbocycles. The molecule has 0 aromatic carbocycles. The van der Waals surface area contributed by atoms with Crippen LogP contribution in [0.1, 0.15) is 12.8 Å². The van der Waals surface area contributed by atoms with Gasteiger partial charge < -0.3 is 10.4 Å². The molecule has 2 fully saturated rings. The van der Waals surface area contributed by atoms with E-state index in [2.05, 4.69) is 5.32 Å². The van der Waals surface area contributed by atoms with Crippen LogP contribution in [0.4, 0.5) is 0 Å². The minimum atomic E-state index is -0.961. The molecule has 0 aromatic heterocycles. The SMILES string of the molecule is O=C(O)C1CNCC1N1C(=O)CCC1=O. The van der Waals surface area contributed by atoms with Crippen molar-refractivity contribution in [2.45, 2.75) is 18.9 Å². The van der Waals surface area contributed by atoms with Gasteiger partial charge in [-0.2, -0.15) is 0 Å². The number of carboxylic acid groups (broad SMARTS) is 1. The molecule has 2 N–H and O–H groups in total. The zero-order valence-corrected chi connectivity index (χ0v) is 8.10. The lowest BCUT2D eigenvalue weighted by molar-refractivity contribution is -0.147. The van der Waals surface area contributed by atoms with Crippen molar-refractivity contribution >= 4 is 17.8 Å². The number of carboxylic acids is 1. The second-order valence-corrected chi connectivity index (χ2v) is 3.83. The van der Waals surface area contributed by atoms with Crippen LogP contribution in [0.15, 0.2) is 0 Å². The minimum Gasteiger partial charge on any atom is -0.481 e. The molecule has 2 saturated heterocycles. The van der Waals surface area contributed by atoms with Crippen molar-refractivity contribution in [3.05, 3.63) is 0 Å². The van der Waals surface area contributed by atoms with Gasteiger partial charge >= 0.3 is 5.97 Å². The molecule has 2 unspecified atom stereocenters. The summed E-state index contributed by atoms with van der Waals surface area (Å²) in [4.78, 5) is 34.9. The Balaban J connectivity index is 2.18. The van der Waals surface area contributed by atoms with E-state index in [1.54, 1.807) is 0 Å². The van der Waals surface area contributed by atoms with Crippen LogP contribution in [0, 0.1) is 5.92 Å². The Morgan fingerprint density at radius 1 is 1.27 bits per heavy atom. The number of imide groups is 1. The van der Waals surface area contributed by atoms with Gasteiger partial charge in [-0.05, 0) is 0 Å². The maximum atomic E-state index is 11.4. The zero-order chi connectivity index (χ0) is 11.0. The molecule has 0 spiro atoms. The Morgan fingerprint density at radius 2 is 1.87 bits per heavy atom. The Bertz CT molecular complexity index is 312. The maximum Gasteiger partial charge on any atom is 0.309 e. The fourth-order valence-corrected chi connectivity index (χ4v) is 2.15. The molecule has 0 bridgehead atoms. The normalized spacial score (nSPS) is 31.3. The summed E-state index contributed by atoms with van der Waals surface area (Å²) in [5.41, 5.74) is 0. The number of nitrogens with zero attached hydrogens (tertiary/aromatic N) is 1. The zero-order valence-electron chi connectivity index (χ0n) is 8.10. The molecule has 2 aliphatic rings. The van der Waals surface area contributed by atoms with Gasteiger partial charge in [0.25, 0.3) is 0 Å². The van der Waals surface area contributed by atoms with E-state index in [1.165, 1.54) is 0 Å². The van der Waals surface area contributed by atoms with Crippen molar-refractivity contribution in [2.75, 3.05) is 13.1 Å². The summed E-state index contributed by atoms with van der Waals surface area (Å²) in [5, 5.41) is 11.8. The summed E-state index contributed by atoms with van der Waals surface area (Å²) in [5.74, 6) is -2.13. The fraction of sp³-hybridized carbons (Fsp3) is 0.667. The van der Waals surface area contributed by atoms with Crippen molar-refractivity contribution in [3.63, 3.8) is 0 Å². The van der Waals surface area contributed by atoms with Gasteiger partial charge in [0, 0.05) is 25.9 Å². The third kappa shape index (κ3) is 1.61. The van der Waals surface area contributed by atoms with Gasteiger partial charge in [0.1, 0.15) is 0 Å². The standard InChI is InChI=1S/C9H12N2O4/c12-7-1-2-8(13)11(7)6-4-10-3-5(6)9(14)15/h5-6,10H,1-4H2,(H,14,15). The molecule has 2 rings (SSSR count). The predicted octanol–water partition coefficient (Wildman–Crippen LogP) is -1.19. The molecule has 82 valence electrons. The van der Waals surface area contributed by atoms with Crippen molar-refractivity contribution in [1.82, 2.24) is 10.2 Å². The van der Waals surface area contributed by atoms with Gasteiger partial charge in [0.05, 0.1) is 12.0 Å². The van der Waals surface area contributed by atoms with Crippen molar-refractivity contribution in [2.24, 2.45) is 5.92 Å². The Hall–Kier alpha value is -1.43. The highest BCUT2D eigenvalue weighted by molar-refractivity contribution is 6.02. The number of amides is 2. The highest BCUT2D eigenvalue weighted by atomic mass is 16.4. The molecular weight excluding hydrogens is 200 g/mol. The van der Waals surface area contributed by atoms with Gasteiger partial charge in [-0.15, -0.1) is 0 Å². The number of aliphatic carboxylic acids is 1. The molecule has 0 aliphatic carbocycles. The number of hydrogen-bond acceptors (Lipinski definition) is 4. The average Bonchev–Trinajstić information content (AvgIpc) is 2.73. The molecule has 2 amide bonds. The molecule has 0 aromatic rings. The van der Waals surface area contributed by atoms with E-state index in [4.69, 9.17) is 5.11 Å². The highest BCUT2D eigenvalue weighted by Crippen LogP contribution is 2.23. The number of rotatable bonds is 2. The average molecular weight is 212 g/mol. The quantitative estimate of drug-likeness (QED) is 0.562. The van der Waals surface area contributed by atoms with Crippen molar-refractivity contribution in [3.8, 4) is 0 Å². The van der Waals surface area contributed by atoms with Crippen molar-refractivity contribution < 1.29 is 19.5 Å². The fourth-order valence-electron chi connectivity index (χ4n) is 2.15. The molecule has 15 heavy (non-hydrogen) atoms. The molecule has 0 radical (unpaired) electrons. The lowest BCUT2D eigenvalue weighted by atomic mass is 10.0. The Kier molecular flexibility index (Phi) is 2.44. The Labute approximate surface area is 86.2 Å². The topological polar surface area (TPSA) is 86.7 Å². The molecule has 6 nitrogen and oxygen atoms in total. The summed E-state index contributed by atoms with van der Waals surface area (Å²) >= 11 is 0. The van der Waals surface area contributed by atoms with E-state index >= 15 is 0 Å². The van der Waals surface area contributed by atoms with Crippen LogP contribution < -0.4 is 5.32 Å². The first-order valence-corrected chi connectivity index (χ1v) is 4.89. The second kappa shape index (κ2) is 3.62. The van der Waals surface area contributed by atoms with Crippen LogP contribution in [0.25, 0.3) is 0 Å². The summed E-state index contributed by atoms with van der Waals surface area (Å²) in [6, 6.07) is -0.509. The minimum absolute atomic E-state index is 0.210. The smallest absolute Gasteiger partial charge is 0.309 e. The van der Waals surface area contributed by atoms with Gasteiger partial charge in [0.15, 0.2) is 0 Å². The van der Waals surface area contributed by atoms with Crippen molar-refractivity contribution in [1.29, 1.82) is 0 Å². The van der Waals surface area contributed by atoms with Crippen LogP contribution >= 0.6 is 0 Å². The highest BCUT2D eigenvalue weighted by Gasteiger charge is 2.43. The third-order valence-electron chi connectivity index (χ3n) is 2.92. The van der Waals surface area contributed by atoms with E-state index in [-0.39, 0.29) is 24.7 Å². The van der Waals surface area contributed by atoms with Crippen LogP contribution in [-0.4, -0.2) is 46.9 Å².